The fourth-order valence-electron chi connectivity index (χ4n) is 1.30. The van der Waals surface area contributed by atoms with Crippen LogP contribution in [-0.4, -0.2) is 29.0 Å². The number of carbonyl (C=O) groups excluding carboxylic acids is 1. The summed E-state index contributed by atoms with van der Waals surface area (Å²) >= 11 is 0. The van der Waals surface area contributed by atoms with E-state index in [0.717, 1.165) is 5.56 Å². The molecule has 7 nitrogen and oxygen atoms in total. The molecule has 0 bridgehead atoms. The maximum atomic E-state index is 11.4. The second kappa shape index (κ2) is 7.91. The molecule has 8 heteroatoms. The molecular formula is C11H17N2O5P. The first-order valence-corrected chi connectivity index (χ1v) is 7.26. The molecular weight excluding hydrogens is 271 g/mol. The molecule has 2 amide bonds. The van der Waals surface area contributed by atoms with Crippen LogP contribution in [0.15, 0.2) is 30.3 Å². The van der Waals surface area contributed by atoms with Crippen LogP contribution in [0.1, 0.15) is 12.0 Å². The Morgan fingerprint density at radius 2 is 1.89 bits per heavy atom. The molecule has 0 saturated carbocycles. The van der Waals surface area contributed by atoms with E-state index in [9.17, 15) is 9.36 Å². The Hall–Kier alpha value is -1.40. The van der Waals surface area contributed by atoms with Gasteiger partial charge in [-0.2, -0.15) is 0 Å². The maximum Gasteiger partial charge on any atom is 0.469 e. The van der Waals surface area contributed by atoms with Crippen LogP contribution in [0.2, 0.25) is 0 Å². The number of urea groups is 1. The molecule has 0 atom stereocenters. The lowest BCUT2D eigenvalue weighted by molar-refractivity contribution is 0.194. The summed E-state index contributed by atoms with van der Waals surface area (Å²) in [6, 6.07) is 9.12. The van der Waals surface area contributed by atoms with E-state index < -0.39 is 7.82 Å². The van der Waals surface area contributed by atoms with Crippen molar-refractivity contribution in [3.05, 3.63) is 35.9 Å². The number of nitrogens with one attached hydrogen (secondary N) is 2. The van der Waals surface area contributed by atoms with Gasteiger partial charge in [-0.15, -0.1) is 0 Å². The molecule has 0 aliphatic carbocycles. The molecule has 0 unspecified atom stereocenters. The molecule has 19 heavy (non-hydrogen) atoms. The van der Waals surface area contributed by atoms with Crippen molar-refractivity contribution in [3.8, 4) is 0 Å². The standard InChI is InChI=1S/C11H17N2O5P/c14-11(12-7-4-8-18-19(15,16)17)13-9-10-5-2-1-3-6-10/h1-3,5-6H,4,7-9H2,(H2,12,13,14)(H2,15,16,17). The van der Waals surface area contributed by atoms with Gasteiger partial charge in [0.2, 0.25) is 0 Å². The van der Waals surface area contributed by atoms with Crippen LogP contribution in [0, 0.1) is 0 Å². The minimum absolute atomic E-state index is 0.108. The molecule has 0 aliphatic heterocycles. The van der Waals surface area contributed by atoms with E-state index >= 15 is 0 Å². The summed E-state index contributed by atoms with van der Waals surface area (Å²) in [4.78, 5) is 28.2. The smallest absolute Gasteiger partial charge is 0.338 e. The van der Waals surface area contributed by atoms with Crippen LogP contribution in [-0.2, 0) is 15.6 Å². The SMILES string of the molecule is O=C(NCCCOP(=O)(O)O)NCc1ccccc1. The van der Waals surface area contributed by atoms with E-state index in [1.165, 1.54) is 0 Å². The minimum atomic E-state index is -4.41. The number of hydrogen-bond donors (Lipinski definition) is 4. The molecule has 0 heterocycles. The van der Waals surface area contributed by atoms with Crippen LogP contribution < -0.4 is 10.6 Å². The first-order chi connectivity index (χ1) is 8.97. The highest BCUT2D eigenvalue weighted by molar-refractivity contribution is 7.46. The van der Waals surface area contributed by atoms with Gasteiger partial charge in [-0.25, -0.2) is 9.36 Å². The number of benzene rings is 1. The summed E-state index contributed by atoms with van der Waals surface area (Å²) < 4.78 is 14.6. The van der Waals surface area contributed by atoms with Crippen LogP contribution in [0.3, 0.4) is 0 Å². The van der Waals surface area contributed by atoms with Crippen molar-refractivity contribution in [1.29, 1.82) is 0 Å². The largest absolute Gasteiger partial charge is 0.469 e. The average molecular weight is 288 g/mol. The summed E-state index contributed by atoms with van der Waals surface area (Å²) in [7, 11) is -4.41. The second-order valence-corrected chi connectivity index (χ2v) is 5.01. The maximum absolute atomic E-state index is 11.4. The highest BCUT2D eigenvalue weighted by Gasteiger charge is 2.12. The molecule has 1 rings (SSSR count). The third kappa shape index (κ3) is 8.34. The van der Waals surface area contributed by atoms with Gasteiger partial charge in [0.05, 0.1) is 6.61 Å². The molecule has 0 fully saturated rings. The summed E-state index contributed by atoms with van der Waals surface area (Å²) in [6.45, 7) is 0.593. The number of rotatable bonds is 7. The molecule has 1 aromatic carbocycles. The lowest BCUT2D eigenvalue weighted by Gasteiger charge is -2.08. The van der Waals surface area contributed by atoms with Crippen molar-refractivity contribution in [2.45, 2.75) is 13.0 Å². The normalized spacial score (nSPS) is 11.1. The zero-order valence-electron chi connectivity index (χ0n) is 10.3. The molecule has 1 aromatic rings. The van der Waals surface area contributed by atoms with E-state index in [1.54, 1.807) is 0 Å². The monoisotopic (exact) mass is 288 g/mol. The minimum Gasteiger partial charge on any atom is -0.338 e. The lowest BCUT2D eigenvalue weighted by Crippen LogP contribution is -2.35. The van der Waals surface area contributed by atoms with Gasteiger partial charge >= 0.3 is 13.9 Å². The summed E-state index contributed by atoms with van der Waals surface area (Å²) in [6.07, 6.45) is 0.323. The Labute approximate surface area is 111 Å². The highest BCUT2D eigenvalue weighted by atomic mass is 31.2. The summed E-state index contributed by atoms with van der Waals surface area (Å²) in [5.74, 6) is 0. The van der Waals surface area contributed by atoms with Crippen molar-refractivity contribution in [3.63, 3.8) is 0 Å². The Morgan fingerprint density at radius 1 is 1.21 bits per heavy atom. The molecule has 0 spiro atoms. The van der Waals surface area contributed by atoms with E-state index in [-0.39, 0.29) is 19.2 Å². The number of carbonyl (C=O) groups is 1. The summed E-state index contributed by atoms with van der Waals surface area (Å²) in [5.41, 5.74) is 0.988. The van der Waals surface area contributed by atoms with Gasteiger partial charge in [0.25, 0.3) is 0 Å². The van der Waals surface area contributed by atoms with Crippen molar-refractivity contribution in [1.82, 2.24) is 10.6 Å². The fourth-order valence-corrected chi connectivity index (χ4v) is 1.67. The summed E-state index contributed by atoms with van der Waals surface area (Å²) in [5, 5.41) is 5.22. The first kappa shape index (κ1) is 15.7. The molecule has 0 radical (unpaired) electrons. The Bertz CT molecular complexity index is 434. The quantitative estimate of drug-likeness (QED) is 0.442. The third-order valence-electron chi connectivity index (χ3n) is 2.16. The number of amides is 2. The first-order valence-electron chi connectivity index (χ1n) is 5.73. The van der Waals surface area contributed by atoms with Crippen molar-refractivity contribution >= 4 is 13.9 Å². The molecule has 106 valence electrons. The Kier molecular flexibility index (Phi) is 6.52. The number of phosphoric acid groups is 1. The predicted octanol–water partition coefficient (Wildman–Crippen LogP) is 0.985. The second-order valence-electron chi connectivity index (χ2n) is 3.77. The molecule has 0 aliphatic rings. The van der Waals surface area contributed by atoms with E-state index in [4.69, 9.17) is 9.79 Å². The third-order valence-corrected chi connectivity index (χ3v) is 2.68. The van der Waals surface area contributed by atoms with Crippen molar-refractivity contribution in [2.24, 2.45) is 0 Å². The van der Waals surface area contributed by atoms with Gasteiger partial charge in [0, 0.05) is 13.1 Å². The predicted molar refractivity (Wildman–Crippen MR) is 69.3 cm³/mol. The van der Waals surface area contributed by atoms with Crippen LogP contribution in [0.25, 0.3) is 0 Å². The van der Waals surface area contributed by atoms with Crippen LogP contribution >= 0.6 is 7.82 Å². The number of phosphoric ester groups is 1. The van der Waals surface area contributed by atoms with Crippen molar-refractivity contribution < 1.29 is 23.7 Å². The number of hydrogen-bond acceptors (Lipinski definition) is 3. The lowest BCUT2D eigenvalue weighted by atomic mass is 10.2. The van der Waals surface area contributed by atoms with Gasteiger partial charge in [-0.1, -0.05) is 30.3 Å². The van der Waals surface area contributed by atoms with Crippen molar-refractivity contribution in [2.75, 3.05) is 13.2 Å². The van der Waals surface area contributed by atoms with Gasteiger partial charge in [0.15, 0.2) is 0 Å². The van der Waals surface area contributed by atoms with E-state index in [0.29, 0.717) is 13.0 Å². The molecule has 0 saturated heterocycles. The average Bonchev–Trinajstić information content (AvgIpc) is 2.36. The van der Waals surface area contributed by atoms with Crippen LogP contribution in [0.5, 0.6) is 0 Å². The van der Waals surface area contributed by atoms with Gasteiger partial charge in [-0.3, -0.25) is 4.52 Å². The molecule has 4 N–H and O–H groups in total. The van der Waals surface area contributed by atoms with Crippen LogP contribution in [0.4, 0.5) is 4.79 Å². The van der Waals surface area contributed by atoms with E-state index in [2.05, 4.69) is 15.2 Å². The fraction of sp³-hybridized carbons (Fsp3) is 0.364. The zero-order chi connectivity index (χ0) is 14.1. The molecule has 0 aromatic heterocycles. The van der Waals surface area contributed by atoms with Gasteiger partial charge < -0.3 is 20.4 Å². The van der Waals surface area contributed by atoms with Gasteiger partial charge in [0.1, 0.15) is 0 Å². The van der Waals surface area contributed by atoms with Gasteiger partial charge in [-0.05, 0) is 12.0 Å². The zero-order valence-corrected chi connectivity index (χ0v) is 11.2. The Morgan fingerprint density at radius 3 is 2.53 bits per heavy atom. The Balaban J connectivity index is 2.07. The topological polar surface area (TPSA) is 108 Å². The highest BCUT2D eigenvalue weighted by Crippen LogP contribution is 2.35. The van der Waals surface area contributed by atoms with E-state index in [1.807, 2.05) is 30.3 Å².